The molecule has 0 N–H and O–H groups in total. The number of hydrogen-bond donors (Lipinski definition) is 0. The van der Waals surface area contributed by atoms with Crippen LogP contribution >= 0.6 is 35.0 Å². The zero-order valence-electron chi connectivity index (χ0n) is 11.6. The summed E-state index contributed by atoms with van der Waals surface area (Å²) in [6, 6.07) is 3.24. The highest BCUT2D eigenvalue weighted by atomic mass is 35.5. The molecule has 1 aromatic rings. The quantitative estimate of drug-likeness (QED) is 0.603. The summed E-state index contributed by atoms with van der Waals surface area (Å²) in [4.78, 5) is 25.1. The fourth-order valence-corrected chi connectivity index (χ4v) is 3.28. The number of thioether (sulfide) groups is 1. The molecular weight excluding hydrogens is 345 g/mol. The lowest BCUT2D eigenvalue weighted by molar-refractivity contribution is -0.122. The van der Waals surface area contributed by atoms with Gasteiger partial charge in [0.05, 0.1) is 28.1 Å². The average molecular weight is 356 g/mol. The Morgan fingerprint density at radius 1 is 1.36 bits per heavy atom. The Kier molecular flexibility index (Phi) is 5.41. The molecule has 0 radical (unpaired) electrons. The lowest BCUT2D eigenvalue weighted by Crippen LogP contribution is -2.28. The third-order valence-corrected chi connectivity index (χ3v) is 4.20. The van der Waals surface area contributed by atoms with Gasteiger partial charge in [0.1, 0.15) is 0 Å². The summed E-state index contributed by atoms with van der Waals surface area (Å²) in [5, 5.41) is 0.282. The Labute approximate surface area is 142 Å². The van der Waals surface area contributed by atoms with Crippen LogP contribution in [0.4, 0.5) is 4.79 Å². The van der Waals surface area contributed by atoms with Crippen molar-refractivity contribution in [1.82, 2.24) is 4.90 Å². The van der Waals surface area contributed by atoms with Crippen LogP contribution in [0.25, 0.3) is 6.08 Å². The minimum absolute atomic E-state index is 0.0488. The molecule has 0 unspecified atom stereocenters. The van der Waals surface area contributed by atoms with E-state index in [4.69, 9.17) is 34.4 Å². The van der Waals surface area contributed by atoms with Crippen molar-refractivity contribution in [2.75, 3.05) is 13.2 Å². The highest BCUT2D eigenvalue weighted by Crippen LogP contribution is 2.37. The minimum atomic E-state index is -0.422. The van der Waals surface area contributed by atoms with Crippen molar-refractivity contribution in [2.24, 2.45) is 0 Å². The molecule has 0 saturated carbocycles. The van der Waals surface area contributed by atoms with Gasteiger partial charge in [-0.05, 0) is 42.5 Å². The SMILES string of the molecule is C#CCN1C(=O)SC(=Cc2cc(Cl)c(OCC)c(Cl)c2)C1=O. The van der Waals surface area contributed by atoms with Crippen LogP contribution in [0, 0.1) is 12.3 Å². The lowest BCUT2D eigenvalue weighted by atomic mass is 10.2. The smallest absolute Gasteiger partial charge is 0.294 e. The minimum Gasteiger partial charge on any atom is -0.491 e. The van der Waals surface area contributed by atoms with Crippen molar-refractivity contribution in [3.63, 3.8) is 0 Å². The maximum atomic E-state index is 12.1. The molecule has 1 aliphatic rings. The van der Waals surface area contributed by atoms with Gasteiger partial charge >= 0.3 is 0 Å². The van der Waals surface area contributed by atoms with E-state index in [0.29, 0.717) is 28.0 Å². The topological polar surface area (TPSA) is 46.6 Å². The summed E-state index contributed by atoms with van der Waals surface area (Å²) in [7, 11) is 0. The molecule has 0 aromatic heterocycles. The molecule has 114 valence electrons. The molecule has 7 heteroatoms. The van der Waals surface area contributed by atoms with Crippen molar-refractivity contribution >= 4 is 52.2 Å². The summed E-state index contributed by atoms with van der Waals surface area (Å²) in [5.74, 6) is 2.25. The van der Waals surface area contributed by atoms with Crippen LogP contribution in [-0.4, -0.2) is 29.2 Å². The van der Waals surface area contributed by atoms with Crippen LogP contribution in [0.2, 0.25) is 10.0 Å². The Bertz CT molecular complexity index is 686. The first-order valence-corrected chi connectivity index (χ1v) is 7.85. The maximum Gasteiger partial charge on any atom is 0.294 e. The second-order valence-corrected chi connectivity index (χ2v) is 6.03. The molecule has 1 fully saturated rings. The molecule has 1 aromatic carbocycles. The Balaban J connectivity index is 2.33. The second kappa shape index (κ2) is 7.10. The first-order valence-electron chi connectivity index (χ1n) is 6.28. The van der Waals surface area contributed by atoms with Crippen LogP contribution in [0.1, 0.15) is 12.5 Å². The molecule has 1 heterocycles. The van der Waals surface area contributed by atoms with E-state index < -0.39 is 11.1 Å². The zero-order valence-corrected chi connectivity index (χ0v) is 13.9. The van der Waals surface area contributed by atoms with Crippen LogP contribution in [0.5, 0.6) is 5.75 Å². The molecular formula is C15H11Cl2NO3S. The Hall–Kier alpha value is -1.61. The summed E-state index contributed by atoms with van der Waals surface area (Å²) < 4.78 is 5.34. The van der Waals surface area contributed by atoms with Crippen molar-refractivity contribution < 1.29 is 14.3 Å². The molecule has 0 atom stereocenters. The van der Waals surface area contributed by atoms with E-state index in [1.54, 1.807) is 18.2 Å². The van der Waals surface area contributed by atoms with E-state index in [-0.39, 0.29) is 11.4 Å². The van der Waals surface area contributed by atoms with E-state index in [0.717, 1.165) is 16.7 Å². The molecule has 2 amide bonds. The monoisotopic (exact) mass is 355 g/mol. The van der Waals surface area contributed by atoms with Crippen molar-refractivity contribution in [3.8, 4) is 18.1 Å². The fraction of sp³-hybridized carbons (Fsp3) is 0.200. The van der Waals surface area contributed by atoms with E-state index >= 15 is 0 Å². The summed E-state index contributed by atoms with van der Waals surface area (Å²) >= 11 is 13.0. The number of ether oxygens (including phenoxy) is 1. The molecule has 1 saturated heterocycles. The highest BCUT2D eigenvalue weighted by molar-refractivity contribution is 8.18. The molecule has 0 spiro atoms. The molecule has 0 aliphatic carbocycles. The number of amides is 2. The van der Waals surface area contributed by atoms with Gasteiger partial charge in [-0.2, -0.15) is 0 Å². The second-order valence-electron chi connectivity index (χ2n) is 4.22. The number of carbonyl (C=O) groups is 2. The van der Waals surface area contributed by atoms with Gasteiger partial charge in [0, 0.05) is 0 Å². The number of halogens is 2. The van der Waals surface area contributed by atoms with Crippen LogP contribution in [0.15, 0.2) is 17.0 Å². The van der Waals surface area contributed by atoms with Crippen LogP contribution in [0.3, 0.4) is 0 Å². The van der Waals surface area contributed by atoms with Crippen molar-refractivity contribution in [3.05, 3.63) is 32.6 Å². The summed E-state index contributed by atoms with van der Waals surface area (Å²) in [6.45, 7) is 2.21. The molecule has 2 rings (SSSR count). The first-order chi connectivity index (χ1) is 10.5. The van der Waals surface area contributed by atoms with Gasteiger partial charge in [-0.3, -0.25) is 14.5 Å². The first kappa shape index (κ1) is 16.8. The van der Waals surface area contributed by atoms with Gasteiger partial charge in [0.2, 0.25) is 0 Å². The Morgan fingerprint density at radius 3 is 2.55 bits per heavy atom. The molecule has 1 aliphatic heterocycles. The Morgan fingerprint density at radius 2 is 2.00 bits per heavy atom. The zero-order chi connectivity index (χ0) is 16.3. The van der Waals surface area contributed by atoms with Crippen molar-refractivity contribution in [1.29, 1.82) is 0 Å². The van der Waals surface area contributed by atoms with Gasteiger partial charge in [-0.25, -0.2) is 0 Å². The third-order valence-electron chi connectivity index (χ3n) is 2.73. The molecule has 22 heavy (non-hydrogen) atoms. The molecule has 0 bridgehead atoms. The number of terminal acetylenes is 1. The molecule has 4 nitrogen and oxygen atoms in total. The average Bonchev–Trinajstić information content (AvgIpc) is 2.71. The number of carbonyl (C=O) groups excluding carboxylic acids is 2. The van der Waals surface area contributed by atoms with E-state index in [1.807, 2.05) is 6.92 Å². The predicted molar refractivity (Wildman–Crippen MR) is 89.1 cm³/mol. The van der Waals surface area contributed by atoms with Crippen molar-refractivity contribution in [2.45, 2.75) is 6.92 Å². The standard InChI is InChI=1S/C15H11Cl2NO3S/c1-3-5-18-14(19)12(22-15(18)20)8-9-6-10(16)13(21-4-2)11(17)7-9/h1,6-8H,4-5H2,2H3. The number of benzene rings is 1. The normalized spacial score (nSPS) is 16.3. The van der Waals surface area contributed by atoms with Gasteiger partial charge in [0.25, 0.3) is 11.1 Å². The predicted octanol–water partition coefficient (Wildman–Crippen LogP) is 4.06. The van der Waals surface area contributed by atoms with Gasteiger partial charge < -0.3 is 4.74 Å². The van der Waals surface area contributed by atoms with Crippen LogP contribution in [-0.2, 0) is 4.79 Å². The van der Waals surface area contributed by atoms with Gasteiger partial charge in [-0.1, -0.05) is 29.1 Å². The van der Waals surface area contributed by atoms with Gasteiger partial charge in [0.15, 0.2) is 5.75 Å². The number of nitrogens with zero attached hydrogens (tertiary/aromatic N) is 1. The maximum absolute atomic E-state index is 12.1. The van der Waals surface area contributed by atoms with E-state index in [9.17, 15) is 9.59 Å². The summed E-state index contributed by atoms with van der Waals surface area (Å²) in [5.41, 5.74) is 0.602. The van der Waals surface area contributed by atoms with E-state index in [2.05, 4.69) is 5.92 Å². The third kappa shape index (κ3) is 3.41. The number of hydrogen-bond acceptors (Lipinski definition) is 4. The summed E-state index contributed by atoms with van der Waals surface area (Å²) in [6.07, 6.45) is 6.69. The van der Waals surface area contributed by atoms with Crippen LogP contribution < -0.4 is 4.74 Å². The fourth-order valence-electron chi connectivity index (χ4n) is 1.82. The lowest BCUT2D eigenvalue weighted by Gasteiger charge is -2.09. The highest BCUT2D eigenvalue weighted by Gasteiger charge is 2.34. The van der Waals surface area contributed by atoms with E-state index in [1.165, 1.54) is 0 Å². The number of rotatable bonds is 4. The van der Waals surface area contributed by atoms with Gasteiger partial charge in [-0.15, -0.1) is 6.42 Å². The largest absolute Gasteiger partial charge is 0.491 e. The number of imide groups is 1.